The quantitative estimate of drug-likeness (QED) is 0.0178. The molecule has 2 aliphatic rings. The average molecular weight is 1320 g/mol. The van der Waals surface area contributed by atoms with Crippen LogP contribution in [0.4, 0.5) is 17.1 Å². The number of Topliss-reactive ketones (excluding diaryl/α,β-unsaturated/α-hetero) is 4. The number of benzene rings is 3. The molecule has 0 saturated heterocycles. The number of nitrogens with zero attached hydrogens (tertiary/aromatic N) is 5. The van der Waals surface area contributed by atoms with E-state index in [1.54, 1.807) is 14.2 Å². The molecule has 384 valence electrons. The number of ether oxygens (including phenoxy) is 2. The van der Waals surface area contributed by atoms with Crippen molar-refractivity contribution in [1.82, 2.24) is 10.2 Å². The van der Waals surface area contributed by atoms with Crippen LogP contribution in [0.2, 0.25) is 0 Å². The second-order valence-electron chi connectivity index (χ2n) is 15.5. The normalized spacial score (nSPS) is 11.1. The van der Waals surface area contributed by atoms with Gasteiger partial charge in [0, 0.05) is 170 Å². The molecule has 1 amide bonds. The number of ketones is 4. The third-order valence-electron chi connectivity index (χ3n) is 10.6. The summed E-state index contributed by atoms with van der Waals surface area (Å²) in [4.78, 5) is 96.1. The molecule has 70 heavy (non-hydrogen) atoms. The average Bonchev–Trinajstić information content (AvgIpc) is 3.32. The number of amides is 1. The van der Waals surface area contributed by atoms with Gasteiger partial charge in [0.15, 0.2) is 0 Å². The Morgan fingerprint density at radius 3 is 2.01 bits per heavy atom. The van der Waals surface area contributed by atoms with Gasteiger partial charge < -0.3 is 54.3 Å². The van der Waals surface area contributed by atoms with E-state index in [2.05, 4.69) is 43.0 Å². The molecule has 5 N–H and O–H groups in total. The molecule has 0 fully saturated rings. The van der Waals surface area contributed by atoms with Crippen molar-refractivity contribution in [2.24, 2.45) is 4.99 Å². The SMILES string of the molecule is CCN(CCCC(=O)NCCCCC(C(=O)OC(=O)C(C)=O)N(CO)CC(=O)C(=O)C(C)=O)c1cc(OC)c(-c2c3ccc(=NC)cc-3oc3cc(N(C)C)ccc23)cc1N(C)C.CO.OCO.[W].[W]. The van der Waals surface area contributed by atoms with E-state index in [0.717, 1.165) is 75.9 Å². The molecule has 0 bridgehead atoms. The Kier molecular flexibility index (Phi) is 30.2. The van der Waals surface area contributed by atoms with Crippen LogP contribution in [-0.4, -0.2) is 162 Å². The van der Waals surface area contributed by atoms with Gasteiger partial charge in [0.05, 0.1) is 37.1 Å². The van der Waals surface area contributed by atoms with Gasteiger partial charge >= 0.3 is 11.9 Å². The molecular formula is C48H66N6O14W2. The molecule has 1 aliphatic carbocycles. The third kappa shape index (κ3) is 18.2. The van der Waals surface area contributed by atoms with E-state index in [1.807, 2.05) is 70.3 Å². The van der Waals surface area contributed by atoms with Gasteiger partial charge in [-0.3, -0.25) is 33.9 Å². The van der Waals surface area contributed by atoms with E-state index < -0.39 is 61.2 Å². The Bertz CT molecular complexity index is 2430. The van der Waals surface area contributed by atoms with Crippen molar-refractivity contribution in [3.63, 3.8) is 0 Å². The maximum absolute atomic E-state index is 13.0. The van der Waals surface area contributed by atoms with E-state index >= 15 is 0 Å². The zero-order valence-electron chi connectivity index (χ0n) is 41.4. The van der Waals surface area contributed by atoms with Crippen LogP contribution in [-0.2, 0) is 80.4 Å². The Morgan fingerprint density at radius 2 is 1.47 bits per heavy atom. The first-order valence-electron chi connectivity index (χ1n) is 21.8. The second kappa shape index (κ2) is 32.6. The zero-order valence-corrected chi connectivity index (χ0v) is 47.3. The van der Waals surface area contributed by atoms with Crippen LogP contribution < -0.4 is 30.1 Å². The number of methoxy groups -OCH3 is 1. The van der Waals surface area contributed by atoms with Crippen molar-refractivity contribution in [1.29, 1.82) is 0 Å². The Labute approximate surface area is 436 Å². The molecule has 1 atom stereocenters. The van der Waals surface area contributed by atoms with Crippen LogP contribution in [0.1, 0.15) is 52.9 Å². The molecule has 4 rings (SSSR count). The number of fused-ring (bicyclic) bond motifs is 2. The number of carbonyl (C=O) groups is 7. The molecule has 1 aliphatic heterocycles. The minimum absolute atomic E-state index is 0. The predicted octanol–water partition coefficient (Wildman–Crippen LogP) is 2.31. The summed E-state index contributed by atoms with van der Waals surface area (Å²) in [5, 5.41) is 35.8. The van der Waals surface area contributed by atoms with Crippen molar-refractivity contribution < 1.29 is 110 Å². The second-order valence-corrected chi connectivity index (χ2v) is 15.5. The minimum Gasteiger partial charge on any atom is -0.496 e. The summed E-state index contributed by atoms with van der Waals surface area (Å²) in [5.41, 5.74) is 6.36. The van der Waals surface area contributed by atoms with E-state index in [1.165, 1.54) is 0 Å². The molecule has 1 unspecified atom stereocenters. The van der Waals surface area contributed by atoms with Crippen molar-refractivity contribution in [2.45, 2.75) is 58.9 Å². The first-order chi connectivity index (χ1) is 32.4. The van der Waals surface area contributed by atoms with E-state index in [-0.39, 0.29) is 73.8 Å². The number of esters is 2. The molecule has 20 nitrogen and oxygen atoms in total. The van der Waals surface area contributed by atoms with Crippen LogP contribution in [0, 0.1) is 0 Å². The summed E-state index contributed by atoms with van der Waals surface area (Å²) in [7, 11) is 12.3. The molecule has 22 heteroatoms. The smallest absolute Gasteiger partial charge is 0.381 e. The predicted molar refractivity (Wildman–Crippen MR) is 256 cm³/mol. The number of anilines is 3. The molecule has 2 aromatic rings. The Balaban J connectivity index is 0.00000654. The van der Waals surface area contributed by atoms with Gasteiger partial charge in [-0.15, -0.1) is 0 Å². The largest absolute Gasteiger partial charge is 0.496 e. The first-order valence-corrected chi connectivity index (χ1v) is 21.8. The Morgan fingerprint density at radius 1 is 0.814 bits per heavy atom. The van der Waals surface area contributed by atoms with Crippen molar-refractivity contribution in [3.8, 4) is 28.2 Å². The first kappa shape index (κ1) is 64.8. The van der Waals surface area contributed by atoms with Gasteiger partial charge in [-0.1, -0.05) is 0 Å². The molecule has 0 aromatic heterocycles. The van der Waals surface area contributed by atoms with Crippen LogP contribution in [0.15, 0.2) is 57.9 Å². The maximum Gasteiger partial charge on any atom is 0.381 e. The van der Waals surface area contributed by atoms with E-state index in [0.29, 0.717) is 37.4 Å². The molecule has 1 heterocycles. The molecule has 2 aromatic carbocycles. The number of hydrogen-bond donors (Lipinski definition) is 5. The van der Waals surface area contributed by atoms with Gasteiger partial charge in [-0.25, -0.2) is 9.59 Å². The molecule has 0 radical (unpaired) electrons. The fourth-order valence-corrected chi connectivity index (χ4v) is 7.16. The van der Waals surface area contributed by atoms with E-state index in [4.69, 9.17) is 24.5 Å². The molecule has 0 saturated carbocycles. The fourth-order valence-electron chi connectivity index (χ4n) is 7.16. The maximum atomic E-state index is 13.0. The number of aliphatic hydroxyl groups excluding tert-OH is 3. The van der Waals surface area contributed by atoms with Crippen LogP contribution in [0.25, 0.3) is 33.4 Å². The number of rotatable bonds is 23. The van der Waals surface area contributed by atoms with Gasteiger partial charge in [-0.05, 0) is 62.9 Å². The number of hydrogen-bond acceptors (Lipinski definition) is 19. The Hall–Kier alpha value is -5.20. The number of aliphatic hydroxyl groups is 4. The summed E-state index contributed by atoms with van der Waals surface area (Å²) in [6.07, 6.45) is 1.30. The standard InChI is InChI=1S/C46H58N6O11.CH4O2.CH4O.2W/c1-10-51(21-13-15-42(57)48-20-12-11-14-35(46(60)63-45(59)29(3)55)52(27-53)26-38(56)44(58)28(2)54)37-25-39(61-9)34(24-36(37)50(7)8)43-32-18-16-30(47-4)22-40(32)62-41-23-31(49(5)6)17-19-33(41)43;2-1-3;1-2;;/h16-19,22-25,35,53H,10-15,20-21,26-27H2,1-9H3,(H,48,57);2-3H,1H2;2H,1H3;;. The third-order valence-corrected chi connectivity index (χ3v) is 10.6. The van der Waals surface area contributed by atoms with Crippen molar-refractivity contribution >= 4 is 69.0 Å². The number of carbonyl (C=O) groups excluding carboxylic acids is 7. The van der Waals surface area contributed by atoms with Crippen LogP contribution >= 0.6 is 0 Å². The molecular weight excluding hydrogens is 1250 g/mol. The van der Waals surface area contributed by atoms with Crippen molar-refractivity contribution in [2.75, 3.05) is 104 Å². The van der Waals surface area contributed by atoms with Gasteiger partial charge in [0.1, 0.15) is 29.9 Å². The van der Waals surface area contributed by atoms with Crippen molar-refractivity contribution in [3.05, 3.63) is 53.9 Å². The van der Waals surface area contributed by atoms with Gasteiger partial charge in [0.25, 0.3) is 5.78 Å². The summed E-state index contributed by atoms with van der Waals surface area (Å²) in [6, 6.07) is 14.8. The summed E-state index contributed by atoms with van der Waals surface area (Å²) < 4.78 is 17.2. The van der Waals surface area contributed by atoms with E-state index in [9.17, 15) is 38.7 Å². The fraction of sp³-hybridized carbons (Fsp3) is 0.458. The monoisotopic (exact) mass is 1320 g/mol. The number of nitrogens with one attached hydrogen (secondary N) is 1. The van der Waals surface area contributed by atoms with Crippen LogP contribution in [0.5, 0.6) is 5.75 Å². The minimum atomic E-state index is -1.43. The summed E-state index contributed by atoms with van der Waals surface area (Å²) >= 11 is 0. The summed E-state index contributed by atoms with van der Waals surface area (Å²) in [5.74, 6) is -5.99. The van der Waals surface area contributed by atoms with Gasteiger partial charge in [0.2, 0.25) is 23.3 Å². The summed E-state index contributed by atoms with van der Waals surface area (Å²) in [6.45, 7) is 2.88. The van der Waals surface area contributed by atoms with Gasteiger partial charge in [-0.2, -0.15) is 0 Å². The molecule has 0 spiro atoms. The number of unbranched alkanes of at least 4 members (excludes halogenated alkanes) is 1. The zero-order chi connectivity index (χ0) is 51.2. The van der Waals surface area contributed by atoms with Crippen LogP contribution in [0.3, 0.4) is 0 Å². The topological polar surface area (TPSA) is 269 Å².